The number of nitrogens with zero attached hydrogens (tertiary/aromatic N) is 3. The second-order valence-corrected chi connectivity index (χ2v) is 2.80. The fourth-order valence-corrected chi connectivity index (χ4v) is 1.23. The van der Waals surface area contributed by atoms with Crippen molar-refractivity contribution in [3.63, 3.8) is 0 Å². The molecule has 0 bridgehead atoms. The van der Waals surface area contributed by atoms with E-state index in [9.17, 15) is 10.1 Å². The maximum atomic E-state index is 10.5. The Morgan fingerprint density at radius 3 is 2.86 bits per heavy atom. The van der Waals surface area contributed by atoms with Crippen molar-refractivity contribution >= 4 is 28.3 Å². The summed E-state index contributed by atoms with van der Waals surface area (Å²) in [5, 5.41) is 20.2. The van der Waals surface area contributed by atoms with Crippen LogP contribution in [0.2, 0.25) is 5.02 Å². The van der Waals surface area contributed by atoms with Crippen molar-refractivity contribution in [2.24, 2.45) is 0 Å². The fourth-order valence-electron chi connectivity index (χ4n) is 0.996. The zero-order valence-corrected chi connectivity index (χ0v) is 8.73. The molecule has 0 unspecified atom stereocenters. The van der Waals surface area contributed by atoms with Crippen LogP contribution in [0.3, 0.4) is 0 Å². The first-order valence-electron chi connectivity index (χ1n) is 3.33. The molecular formula is C6H3AgClN4O2. The third-order valence-corrected chi connectivity index (χ3v) is 1.89. The quantitative estimate of drug-likeness (QED) is 0.492. The number of nitrogens with one attached hydrogen (secondary N) is 1. The van der Waals surface area contributed by atoms with Gasteiger partial charge in [0.25, 0.3) is 5.69 Å². The molecule has 0 aliphatic rings. The van der Waals surface area contributed by atoms with E-state index < -0.39 is 4.92 Å². The van der Waals surface area contributed by atoms with E-state index in [-0.39, 0.29) is 33.1 Å². The van der Waals surface area contributed by atoms with E-state index in [4.69, 9.17) is 11.6 Å². The number of nitro groups is 1. The number of H-pyrrole nitrogens is 1. The Balaban J connectivity index is 0.000000980. The number of aromatic nitrogens is 3. The monoisotopic (exact) mass is 305 g/mol. The van der Waals surface area contributed by atoms with Gasteiger partial charge in [-0.05, 0) is 6.07 Å². The minimum absolute atomic E-state index is 0. The van der Waals surface area contributed by atoms with E-state index in [0.29, 0.717) is 11.0 Å². The van der Waals surface area contributed by atoms with Crippen molar-refractivity contribution in [2.45, 2.75) is 0 Å². The van der Waals surface area contributed by atoms with Crippen molar-refractivity contribution in [3.8, 4) is 0 Å². The number of fused-ring (bicyclic) bond motifs is 1. The molecule has 0 saturated carbocycles. The summed E-state index contributed by atoms with van der Waals surface area (Å²) in [5.41, 5.74) is 0.842. The SMILES string of the molecule is O=[N+]([O-])c1cc2nn[nH]c2cc1Cl.[Ag]. The molecule has 2 aromatic rings. The molecule has 0 aliphatic carbocycles. The Morgan fingerprint density at radius 1 is 1.50 bits per heavy atom. The second-order valence-electron chi connectivity index (χ2n) is 2.39. The first kappa shape index (κ1) is 11.1. The standard InChI is InChI=1S/C6H3ClN4O2.Ag/c7-3-1-4-5(9-10-8-4)2-6(3)11(12)13;/h1-2H,(H,8,9,10);. The maximum absolute atomic E-state index is 10.5. The van der Waals surface area contributed by atoms with E-state index in [2.05, 4.69) is 15.4 Å². The predicted octanol–water partition coefficient (Wildman–Crippen LogP) is 1.52. The topological polar surface area (TPSA) is 84.7 Å². The van der Waals surface area contributed by atoms with E-state index in [1.807, 2.05) is 0 Å². The van der Waals surface area contributed by atoms with Crippen LogP contribution in [0.5, 0.6) is 0 Å². The van der Waals surface area contributed by atoms with E-state index in [0.717, 1.165) is 0 Å². The molecule has 1 heterocycles. The van der Waals surface area contributed by atoms with Crippen molar-refractivity contribution in [1.29, 1.82) is 0 Å². The molecule has 6 nitrogen and oxygen atoms in total. The molecule has 2 rings (SSSR count). The summed E-state index contributed by atoms with van der Waals surface area (Å²) in [6, 6.07) is 2.70. The average molecular weight is 306 g/mol. The molecule has 1 aromatic carbocycles. The van der Waals surface area contributed by atoms with Crippen LogP contribution in [0.4, 0.5) is 5.69 Å². The summed E-state index contributed by atoms with van der Waals surface area (Å²) in [7, 11) is 0. The van der Waals surface area contributed by atoms with E-state index in [1.54, 1.807) is 0 Å². The Hall–Kier alpha value is -0.950. The molecule has 1 N–H and O–H groups in total. The van der Waals surface area contributed by atoms with Crippen LogP contribution in [-0.2, 0) is 22.4 Å². The fraction of sp³-hybridized carbons (Fsp3) is 0. The molecule has 0 aliphatic heterocycles. The van der Waals surface area contributed by atoms with Gasteiger partial charge in [0.2, 0.25) is 0 Å². The average Bonchev–Trinajstić information content (AvgIpc) is 2.48. The van der Waals surface area contributed by atoms with E-state index >= 15 is 0 Å². The second kappa shape index (κ2) is 4.05. The summed E-state index contributed by atoms with van der Waals surface area (Å²) >= 11 is 5.64. The third-order valence-electron chi connectivity index (χ3n) is 1.59. The molecule has 1 radical (unpaired) electrons. The van der Waals surface area contributed by atoms with Crippen LogP contribution in [0.1, 0.15) is 0 Å². The van der Waals surface area contributed by atoms with Gasteiger partial charge in [-0.1, -0.05) is 16.8 Å². The number of halogens is 1. The van der Waals surface area contributed by atoms with Crippen LogP contribution in [0, 0.1) is 10.1 Å². The molecule has 1 aromatic heterocycles. The maximum Gasteiger partial charge on any atom is 0.290 e. The number of aromatic amines is 1. The van der Waals surface area contributed by atoms with Crippen LogP contribution >= 0.6 is 11.6 Å². The summed E-state index contributed by atoms with van der Waals surface area (Å²) in [6.45, 7) is 0. The number of rotatable bonds is 1. The minimum atomic E-state index is -0.559. The molecule has 0 spiro atoms. The normalized spacial score (nSPS) is 9.79. The van der Waals surface area contributed by atoms with Gasteiger partial charge in [0, 0.05) is 28.4 Å². The summed E-state index contributed by atoms with van der Waals surface area (Å²) < 4.78 is 0. The van der Waals surface area contributed by atoms with Gasteiger partial charge in [-0.25, -0.2) is 0 Å². The van der Waals surface area contributed by atoms with Crippen molar-refractivity contribution < 1.29 is 27.3 Å². The Labute approximate surface area is 98.3 Å². The Morgan fingerprint density at radius 2 is 2.21 bits per heavy atom. The van der Waals surface area contributed by atoms with Gasteiger partial charge in [-0.15, -0.1) is 5.10 Å². The first-order chi connectivity index (χ1) is 6.18. The Kier molecular flexibility index (Phi) is 3.22. The summed E-state index contributed by atoms with van der Waals surface area (Å²) in [6.07, 6.45) is 0. The molecule has 14 heavy (non-hydrogen) atoms. The van der Waals surface area contributed by atoms with Crippen molar-refractivity contribution in [2.75, 3.05) is 0 Å². The molecule has 0 atom stereocenters. The van der Waals surface area contributed by atoms with Gasteiger partial charge in [-0.2, -0.15) is 0 Å². The van der Waals surface area contributed by atoms with Gasteiger partial charge in [0.05, 0.1) is 10.4 Å². The van der Waals surface area contributed by atoms with Gasteiger partial charge in [0.1, 0.15) is 10.5 Å². The van der Waals surface area contributed by atoms with Crippen molar-refractivity contribution in [1.82, 2.24) is 15.4 Å². The summed E-state index contributed by atoms with van der Waals surface area (Å²) in [4.78, 5) is 9.89. The molecule has 0 fully saturated rings. The van der Waals surface area contributed by atoms with Gasteiger partial charge < -0.3 is 0 Å². The molecule has 8 heteroatoms. The molecule has 0 saturated heterocycles. The first-order valence-corrected chi connectivity index (χ1v) is 3.71. The number of benzene rings is 1. The number of nitro benzene ring substituents is 1. The number of hydrogen-bond donors (Lipinski definition) is 1. The van der Waals surface area contributed by atoms with Crippen LogP contribution in [0.25, 0.3) is 11.0 Å². The van der Waals surface area contributed by atoms with Gasteiger partial charge in [0.15, 0.2) is 0 Å². The van der Waals surface area contributed by atoms with Gasteiger partial charge >= 0.3 is 0 Å². The van der Waals surface area contributed by atoms with E-state index in [1.165, 1.54) is 12.1 Å². The molecular weight excluding hydrogens is 303 g/mol. The van der Waals surface area contributed by atoms with Crippen LogP contribution in [-0.4, -0.2) is 20.3 Å². The third kappa shape index (κ3) is 1.78. The van der Waals surface area contributed by atoms with Crippen molar-refractivity contribution in [3.05, 3.63) is 27.3 Å². The summed E-state index contributed by atoms with van der Waals surface area (Å²) in [5.74, 6) is 0. The van der Waals surface area contributed by atoms with Crippen LogP contribution in [0.15, 0.2) is 12.1 Å². The zero-order valence-electron chi connectivity index (χ0n) is 6.49. The smallest absolute Gasteiger partial charge is 0.258 e. The Bertz CT molecular complexity index is 486. The van der Waals surface area contributed by atoms with Crippen LogP contribution < -0.4 is 0 Å². The predicted molar refractivity (Wildman–Crippen MR) is 45.6 cm³/mol. The van der Waals surface area contributed by atoms with Gasteiger partial charge in [-0.3, -0.25) is 15.2 Å². The zero-order chi connectivity index (χ0) is 9.42. The molecule has 77 valence electrons. The minimum Gasteiger partial charge on any atom is -0.258 e. The largest absolute Gasteiger partial charge is 0.290 e. The number of hydrogen-bond acceptors (Lipinski definition) is 4. The molecule has 0 amide bonds.